The smallest absolute Gasteiger partial charge is 0.254 e. The van der Waals surface area contributed by atoms with E-state index in [1.165, 1.54) is 0 Å². The molecule has 2 aromatic rings. The van der Waals surface area contributed by atoms with Gasteiger partial charge in [-0.3, -0.25) is 4.79 Å². The molecule has 24 heavy (non-hydrogen) atoms. The van der Waals surface area contributed by atoms with Gasteiger partial charge in [0.2, 0.25) is 0 Å². The van der Waals surface area contributed by atoms with Crippen LogP contribution in [0.5, 0.6) is 5.75 Å². The van der Waals surface area contributed by atoms with Crippen molar-refractivity contribution < 1.29 is 9.53 Å². The number of hydrogen-bond donors (Lipinski definition) is 1. The van der Waals surface area contributed by atoms with Crippen LogP contribution < -0.4 is 10.1 Å². The molecular formula is C20H24N2O2. The van der Waals surface area contributed by atoms with Crippen LogP contribution in [-0.4, -0.2) is 36.0 Å². The van der Waals surface area contributed by atoms with Crippen molar-refractivity contribution in [3.63, 3.8) is 0 Å². The van der Waals surface area contributed by atoms with E-state index < -0.39 is 0 Å². The molecule has 126 valence electrons. The summed E-state index contributed by atoms with van der Waals surface area (Å²) in [6, 6.07) is 18.0. The van der Waals surface area contributed by atoms with Crippen LogP contribution in [0, 0.1) is 0 Å². The zero-order valence-corrected chi connectivity index (χ0v) is 14.2. The van der Waals surface area contributed by atoms with Crippen LogP contribution >= 0.6 is 0 Å². The minimum atomic E-state index is 0.0704. The largest absolute Gasteiger partial charge is 0.489 e. The lowest BCUT2D eigenvalue weighted by atomic mass is 10.1. The number of carbonyl (C=O) groups is 1. The first kappa shape index (κ1) is 16.5. The van der Waals surface area contributed by atoms with Crippen molar-refractivity contribution in [3.8, 4) is 5.75 Å². The van der Waals surface area contributed by atoms with Crippen LogP contribution in [0.2, 0.25) is 0 Å². The highest BCUT2D eigenvalue weighted by atomic mass is 16.5. The highest BCUT2D eigenvalue weighted by molar-refractivity contribution is 5.95. The first-order valence-corrected chi connectivity index (χ1v) is 8.44. The van der Waals surface area contributed by atoms with E-state index in [9.17, 15) is 4.79 Å². The third-order valence-electron chi connectivity index (χ3n) is 4.35. The van der Waals surface area contributed by atoms with Crippen LogP contribution in [-0.2, 0) is 6.61 Å². The maximum atomic E-state index is 12.8. The molecule has 0 aliphatic carbocycles. The minimum Gasteiger partial charge on any atom is -0.489 e. The van der Waals surface area contributed by atoms with Gasteiger partial charge in [-0.2, -0.15) is 0 Å². The molecule has 0 radical (unpaired) electrons. The van der Waals surface area contributed by atoms with Gasteiger partial charge in [0.05, 0.1) is 0 Å². The van der Waals surface area contributed by atoms with E-state index in [1.807, 2.05) is 59.5 Å². The molecule has 0 bridgehead atoms. The molecule has 1 amide bonds. The summed E-state index contributed by atoms with van der Waals surface area (Å²) < 4.78 is 5.84. The van der Waals surface area contributed by atoms with Crippen LogP contribution in [0.15, 0.2) is 54.6 Å². The molecular weight excluding hydrogens is 300 g/mol. The fourth-order valence-corrected chi connectivity index (χ4v) is 2.93. The van der Waals surface area contributed by atoms with E-state index in [1.54, 1.807) is 0 Å². The van der Waals surface area contributed by atoms with Crippen LogP contribution in [0.1, 0.15) is 29.8 Å². The van der Waals surface area contributed by atoms with Crippen LogP contribution in [0.3, 0.4) is 0 Å². The van der Waals surface area contributed by atoms with Crippen molar-refractivity contribution in [1.82, 2.24) is 10.2 Å². The number of amides is 1. The average molecular weight is 324 g/mol. The molecule has 0 saturated carbocycles. The van der Waals surface area contributed by atoms with Gasteiger partial charge < -0.3 is 15.0 Å². The molecule has 1 heterocycles. The lowest BCUT2D eigenvalue weighted by Gasteiger charge is -2.37. The number of benzene rings is 2. The van der Waals surface area contributed by atoms with Crippen molar-refractivity contribution in [1.29, 1.82) is 0 Å². The second-order valence-electron chi connectivity index (χ2n) is 6.42. The van der Waals surface area contributed by atoms with Crippen molar-refractivity contribution in [2.75, 3.05) is 13.1 Å². The first-order valence-electron chi connectivity index (χ1n) is 8.44. The maximum Gasteiger partial charge on any atom is 0.254 e. The van der Waals surface area contributed by atoms with E-state index in [0.29, 0.717) is 18.2 Å². The zero-order chi connectivity index (χ0) is 16.9. The third-order valence-corrected chi connectivity index (χ3v) is 4.35. The number of nitrogens with zero attached hydrogens (tertiary/aromatic N) is 1. The van der Waals surface area contributed by atoms with Crippen molar-refractivity contribution in [2.24, 2.45) is 0 Å². The van der Waals surface area contributed by atoms with E-state index in [4.69, 9.17) is 4.74 Å². The molecule has 2 aromatic carbocycles. The number of hydrogen-bond acceptors (Lipinski definition) is 3. The molecule has 1 fully saturated rings. The molecule has 2 unspecified atom stereocenters. The Hall–Kier alpha value is -2.33. The summed E-state index contributed by atoms with van der Waals surface area (Å²) in [4.78, 5) is 14.8. The van der Waals surface area contributed by atoms with Crippen molar-refractivity contribution in [2.45, 2.75) is 32.5 Å². The topological polar surface area (TPSA) is 41.6 Å². The van der Waals surface area contributed by atoms with Gasteiger partial charge in [-0.25, -0.2) is 0 Å². The number of nitrogens with one attached hydrogen (secondary N) is 1. The van der Waals surface area contributed by atoms with Gasteiger partial charge in [0.1, 0.15) is 12.4 Å². The van der Waals surface area contributed by atoms with Gasteiger partial charge in [0.25, 0.3) is 5.91 Å². The monoisotopic (exact) mass is 324 g/mol. The fraction of sp³-hybridized carbons (Fsp3) is 0.350. The van der Waals surface area contributed by atoms with E-state index in [-0.39, 0.29) is 11.9 Å². The van der Waals surface area contributed by atoms with Gasteiger partial charge in [-0.1, -0.05) is 36.4 Å². The summed E-state index contributed by atoms with van der Waals surface area (Å²) in [6.07, 6.45) is 0. The van der Waals surface area contributed by atoms with E-state index in [2.05, 4.69) is 19.2 Å². The Balaban J connectivity index is 1.69. The standard InChI is InChI=1S/C20H24N2O2/c1-15-13-22(16(2)12-21-15)20(23)18-9-6-10-19(11-18)24-14-17-7-4-3-5-8-17/h3-11,15-16,21H,12-14H2,1-2H3. The lowest BCUT2D eigenvalue weighted by Crippen LogP contribution is -2.56. The minimum absolute atomic E-state index is 0.0704. The van der Waals surface area contributed by atoms with E-state index in [0.717, 1.165) is 24.4 Å². The second-order valence-corrected chi connectivity index (χ2v) is 6.42. The molecule has 0 aromatic heterocycles. The van der Waals surface area contributed by atoms with Crippen LogP contribution in [0.25, 0.3) is 0 Å². The van der Waals surface area contributed by atoms with Gasteiger partial charge in [0.15, 0.2) is 0 Å². The van der Waals surface area contributed by atoms with Gasteiger partial charge in [-0.15, -0.1) is 0 Å². The molecule has 4 heteroatoms. The Bertz CT molecular complexity index is 687. The van der Waals surface area contributed by atoms with Crippen LogP contribution in [0.4, 0.5) is 0 Å². The molecule has 3 rings (SSSR count). The maximum absolute atomic E-state index is 12.8. The average Bonchev–Trinajstić information content (AvgIpc) is 2.62. The molecule has 1 aliphatic heterocycles. The molecule has 4 nitrogen and oxygen atoms in total. The Labute approximate surface area is 143 Å². The summed E-state index contributed by atoms with van der Waals surface area (Å²) >= 11 is 0. The lowest BCUT2D eigenvalue weighted by molar-refractivity contribution is 0.0616. The molecule has 0 spiro atoms. The summed E-state index contributed by atoms with van der Waals surface area (Å²) in [7, 11) is 0. The Kier molecular flexibility index (Phi) is 5.16. The van der Waals surface area contributed by atoms with Gasteiger partial charge in [0, 0.05) is 30.7 Å². The number of carbonyl (C=O) groups excluding carboxylic acids is 1. The summed E-state index contributed by atoms with van der Waals surface area (Å²) in [5.41, 5.74) is 1.79. The van der Waals surface area contributed by atoms with E-state index >= 15 is 0 Å². The normalized spacial score (nSPS) is 20.7. The molecule has 1 aliphatic rings. The fourth-order valence-electron chi connectivity index (χ4n) is 2.93. The molecule has 1 saturated heterocycles. The zero-order valence-electron chi connectivity index (χ0n) is 14.2. The van der Waals surface area contributed by atoms with Crippen molar-refractivity contribution in [3.05, 3.63) is 65.7 Å². The highest BCUT2D eigenvalue weighted by Crippen LogP contribution is 2.18. The summed E-state index contributed by atoms with van der Waals surface area (Å²) in [5, 5.41) is 3.40. The quantitative estimate of drug-likeness (QED) is 0.940. The van der Waals surface area contributed by atoms with Crippen molar-refractivity contribution >= 4 is 5.91 Å². The SMILES string of the molecule is CC1CN(C(=O)c2cccc(OCc3ccccc3)c2)C(C)CN1. The van der Waals surface area contributed by atoms with Gasteiger partial charge in [-0.05, 0) is 37.6 Å². The predicted molar refractivity (Wildman–Crippen MR) is 95.2 cm³/mol. The Morgan fingerprint density at radius 1 is 1.17 bits per heavy atom. The Morgan fingerprint density at radius 3 is 2.75 bits per heavy atom. The number of rotatable bonds is 4. The van der Waals surface area contributed by atoms with Gasteiger partial charge >= 0.3 is 0 Å². The molecule has 2 atom stereocenters. The highest BCUT2D eigenvalue weighted by Gasteiger charge is 2.27. The third kappa shape index (κ3) is 3.95. The predicted octanol–water partition coefficient (Wildman–Crippen LogP) is 3.09. The summed E-state index contributed by atoms with van der Waals surface area (Å²) in [6.45, 7) is 6.24. The number of ether oxygens (including phenoxy) is 1. The second kappa shape index (κ2) is 7.49. The number of piperazine rings is 1. The summed E-state index contributed by atoms with van der Waals surface area (Å²) in [5.74, 6) is 0.793. The first-order chi connectivity index (χ1) is 11.6. The Morgan fingerprint density at radius 2 is 1.96 bits per heavy atom. The molecule has 1 N–H and O–H groups in total.